The van der Waals surface area contributed by atoms with Crippen LogP contribution in [0.5, 0.6) is 0 Å². The minimum Gasteiger partial charge on any atom is -0.352 e. The Kier molecular flexibility index (Phi) is 4.63. The van der Waals surface area contributed by atoms with Crippen molar-refractivity contribution in [3.63, 3.8) is 0 Å². The van der Waals surface area contributed by atoms with E-state index in [9.17, 15) is 9.59 Å². The number of amides is 2. The lowest BCUT2D eigenvalue weighted by molar-refractivity contribution is -0.118. The van der Waals surface area contributed by atoms with Crippen LogP contribution in [-0.4, -0.2) is 23.9 Å². The zero-order chi connectivity index (χ0) is 15.5. The van der Waals surface area contributed by atoms with Crippen molar-refractivity contribution >= 4 is 17.5 Å². The Morgan fingerprint density at radius 2 is 2.05 bits per heavy atom. The molecule has 5 heteroatoms. The maximum Gasteiger partial charge on any atom is 0.251 e. The van der Waals surface area contributed by atoms with E-state index in [4.69, 9.17) is 5.73 Å². The Balaban J connectivity index is 2.06. The maximum absolute atomic E-state index is 12.1. The van der Waals surface area contributed by atoms with Crippen molar-refractivity contribution in [2.75, 3.05) is 11.9 Å². The predicted molar refractivity (Wildman–Crippen MR) is 83.2 cm³/mol. The molecular formula is C16H23N3O2. The summed E-state index contributed by atoms with van der Waals surface area (Å²) in [5.41, 5.74) is 7.90. The van der Waals surface area contributed by atoms with Crippen molar-refractivity contribution in [2.24, 2.45) is 5.73 Å². The Hall–Kier alpha value is -1.88. The lowest BCUT2D eigenvalue weighted by Gasteiger charge is -2.37. The number of hydrogen-bond acceptors (Lipinski definition) is 3. The van der Waals surface area contributed by atoms with Gasteiger partial charge in [-0.3, -0.25) is 9.59 Å². The molecule has 0 heterocycles. The Labute approximate surface area is 125 Å². The molecule has 2 rings (SSSR count). The maximum atomic E-state index is 12.1. The minimum atomic E-state index is -0.338. The fraction of sp³-hybridized carbons (Fsp3) is 0.500. The Morgan fingerprint density at radius 1 is 1.33 bits per heavy atom. The van der Waals surface area contributed by atoms with Gasteiger partial charge in [0.15, 0.2) is 0 Å². The number of benzene rings is 1. The minimum absolute atomic E-state index is 0.0895. The predicted octanol–water partition coefficient (Wildman–Crippen LogP) is 1.95. The third kappa shape index (κ3) is 3.82. The van der Waals surface area contributed by atoms with Gasteiger partial charge in [0.05, 0.1) is 0 Å². The van der Waals surface area contributed by atoms with Crippen LogP contribution >= 0.6 is 0 Å². The summed E-state index contributed by atoms with van der Waals surface area (Å²) in [7, 11) is 0. The Morgan fingerprint density at radius 3 is 2.62 bits per heavy atom. The van der Waals surface area contributed by atoms with E-state index in [0.717, 1.165) is 24.8 Å². The normalized spacial score (nSPS) is 16.0. The smallest absolute Gasteiger partial charge is 0.251 e. The van der Waals surface area contributed by atoms with Crippen LogP contribution in [0, 0.1) is 6.92 Å². The van der Waals surface area contributed by atoms with Gasteiger partial charge in [-0.05, 0) is 50.8 Å². The quantitative estimate of drug-likeness (QED) is 0.774. The van der Waals surface area contributed by atoms with Crippen LogP contribution < -0.4 is 16.4 Å². The molecule has 0 unspecified atom stereocenters. The molecule has 2 amide bonds. The molecule has 1 fully saturated rings. The molecule has 0 aliphatic heterocycles. The molecule has 0 aromatic heterocycles. The molecule has 21 heavy (non-hydrogen) atoms. The van der Waals surface area contributed by atoms with E-state index in [-0.39, 0.29) is 17.4 Å². The van der Waals surface area contributed by atoms with E-state index in [2.05, 4.69) is 10.6 Å². The van der Waals surface area contributed by atoms with Crippen molar-refractivity contribution in [3.05, 3.63) is 29.3 Å². The number of rotatable bonds is 5. The van der Waals surface area contributed by atoms with Gasteiger partial charge in [-0.2, -0.15) is 0 Å². The van der Waals surface area contributed by atoms with Crippen LogP contribution in [-0.2, 0) is 4.79 Å². The third-order valence-electron chi connectivity index (χ3n) is 3.97. The van der Waals surface area contributed by atoms with Gasteiger partial charge in [0, 0.05) is 29.8 Å². The van der Waals surface area contributed by atoms with E-state index in [1.807, 2.05) is 19.9 Å². The molecule has 0 spiro atoms. The zero-order valence-corrected chi connectivity index (χ0v) is 12.7. The van der Waals surface area contributed by atoms with E-state index >= 15 is 0 Å². The molecule has 0 atom stereocenters. The number of carbonyl (C=O) groups excluding carboxylic acids is 2. The van der Waals surface area contributed by atoms with Gasteiger partial charge in [-0.1, -0.05) is 6.07 Å². The van der Waals surface area contributed by atoms with E-state index in [0.29, 0.717) is 24.2 Å². The van der Waals surface area contributed by atoms with E-state index in [1.54, 1.807) is 12.1 Å². The van der Waals surface area contributed by atoms with Gasteiger partial charge in [-0.15, -0.1) is 0 Å². The highest BCUT2D eigenvalue weighted by atomic mass is 16.2. The van der Waals surface area contributed by atoms with Crippen molar-refractivity contribution in [2.45, 2.75) is 45.1 Å². The summed E-state index contributed by atoms with van der Waals surface area (Å²) in [6, 6.07) is 5.30. The SMILES string of the molecule is CCNC(=O)c1ccc(C)c(NC(=O)CC2(N)CCC2)c1. The summed E-state index contributed by atoms with van der Waals surface area (Å²) >= 11 is 0. The Bertz CT molecular complexity index is 550. The molecule has 114 valence electrons. The summed E-state index contributed by atoms with van der Waals surface area (Å²) < 4.78 is 0. The fourth-order valence-corrected chi connectivity index (χ4v) is 2.48. The number of nitrogens with one attached hydrogen (secondary N) is 2. The first-order chi connectivity index (χ1) is 9.93. The molecule has 4 N–H and O–H groups in total. The molecule has 0 bridgehead atoms. The first-order valence-corrected chi connectivity index (χ1v) is 7.41. The second kappa shape index (κ2) is 6.26. The van der Waals surface area contributed by atoms with Crippen LogP contribution in [0.3, 0.4) is 0 Å². The molecule has 1 aliphatic rings. The van der Waals surface area contributed by atoms with E-state index in [1.165, 1.54) is 0 Å². The van der Waals surface area contributed by atoms with Gasteiger partial charge >= 0.3 is 0 Å². The standard InChI is InChI=1S/C16H23N3O2/c1-3-18-15(21)12-6-5-11(2)13(9-12)19-14(20)10-16(17)7-4-8-16/h5-6,9H,3-4,7-8,10,17H2,1-2H3,(H,18,21)(H,19,20). The van der Waals surface area contributed by atoms with Crippen LogP contribution in [0.25, 0.3) is 0 Å². The molecule has 1 aromatic rings. The highest BCUT2D eigenvalue weighted by molar-refractivity contribution is 5.98. The molecule has 0 radical (unpaired) electrons. The van der Waals surface area contributed by atoms with Gasteiger partial charge in [0.25, 0.3) is 5.91 Å². The van der Waals surface area contributed by atoms with Crippen LogP contribution in [0.4, 0.5) is 5.69 Å². The summed E-state index contributed by atoms with van der Waals surface area (Å²) in [5.74, 6) is -0.226. The highest BCUT2D eigenvalue weighted by Gasteiger charge is 2.34. The average molecular weight is 289 g/mol. The lowest BCUT2D eigenvalue weighted by atomic mass is 9.75. The van der Waals surface area contributed by atoms with Crippen molar-refractivity contribution in [3.8, 4) is 0 Å². The summed E-state index contributed by atoms with van der Waals surface area (Å²) in [6.45, 7) is 4.34. The van der Waals surface area contributed by atoms with Crippen LogP contribution in [0.15, 0.2) is 18.2 Å². The highest BCUT2D eigenvalue weighted by Crippen LogP contribution is 2.32. The lowest BCUT2D eigenvalue weighted by Crippen LogP contribution is -2.48. The number of anilines is 1. The van der Waals surface area contributed by atoms with Crippen molar-refractivity contribution < 1.29 is 9.59 Å². The summed E-state index contributed by atoms with van der Waals surface area (Å²) in [6.07, 6.45) is 3.23. The first-order valence-electron chi connectivity index (χ1n) is 7.41. The first kappa shape index (κ1) is 15.5. The summed E-state index contributed by atoms with van der Waals surface area (Å²) in [4.78, 5) is 23.9. The second-order valence-corrected chi connectivity index (χ2v) is 5.83. The van der Waals surface area contributed by atoms with Crippen LogP contribution in [0.2, 0.25) is 0 Å². The van der Waals surface area contributed by atoms with Crippen LogP contribution in [0.1, 0.15) is 48.5 Å². The molecule has 1 saturated carbocycles. The number of hydrogen-bond donors (Lipinski definition) is 3. The summed E-state index contributed by atoms with van der Waals surface area (Å²) in [5, 5.41) is 5.62. The molecule has 5 nitrogen and oxygen atoms in total. The van der Waals surface area contributed by atoms with Crippen molar-refractivity contribution in [1.29, 1.82) is 0 Å². The largest absolute Gasteiger partial charge is 0.352 e. The molecule has 1 aromatic carbocycles. The zero-order valence-electron chi connectivity index (χ0n) is 12.7. The molecule has 0 saturated heterocycles. The van der Waals surface area contributed by atoms with Gasteiger partial charge in [-0.25, -0.2) is 0 Å². The van der Waals surface area contributed by atoms with Gasteiger partial charge < -0.3 is 16.4 Å². The molecular weight excluding hydrogens is 266 g/mol. The van der Waals surface area contributed by atoms with Gasteiger partial charge in [0.1, 0.15) is 0 Å². The van der Waals surface area contributed by atoms with Gasteiger partial charge in [0.2, 0.25) is 5.91 Å². The average Bonchev–Trinajstić information content (AvgIpc) is 2.39. The number of carbonyl (C=O) groups is 2. The third-order valence-corrected chi connectivity index (χ3v) is 3.97. The second-order valence-electron chi connectivity index (χ2n) is 5.83. The monoisotopic (exact) mass is 289 g/mol. The topological polar surface area (TPSA) is 84.2 Å². The fourth-order valence-electron chi connectivity index (χ4n) is 2.48. The number of nitrogens with two attached hydrogens (primary N) is 1. The van der Waals surface area contributed by atoms with E-state index < -0.39 is 0 Å². The number of aryl methyl sites for hydroxylation is 1. The molecule has 1 aliphatic carbocycles. The van der Waals surface area contributed by atoms with Crippen molar-refractivity contribution in [1.82, 2.24) is 5.32 Å².